The summed E-state index contributed by atoms with van der Waals surface area (Å²) in [5.74, 6) is 0.196. The Kier molecular flexibility index (Phi) is 8.19. The molecule has 2 aromatic carbocycles. The maximum Gasteiger partial charge on any atom is 0.257 e. The van der Waals surface area contributed by atoms with Crippen molar-refractivity contribution in [2.24, 2.45) is 0 Å². The molecular weight excluding hydrogens is 416 g/mol. The van der Waals surface area contributed by atoms with Crippen LogP contribution in [0.4, 0.5) is 0 Å². The van der Waals surface area contributed by atoms with Crippen molar-refractivity contribution in [1.82, 2.24) is 19.6 Å². The first-order chi connectivity index (χ1) is 15.0. The van der Waals surface area contributed by atoms with Crippen LogP contribution in [0.3, 0.4) is 0 Å². The Morgan fingerprint density at radius 3 is 2.52 bits per heavy atom. The van der Waals surface area contributed by atoms with Crippen LogP contribution in [0, 0.1) is 0 Å². The van der Waals surface area contributed by atoms with E-state index in [1.807, 2.05) is 41.1 Å². The Labute approximate surface area is 182 Å². The van der Waals surface area contributed by atoms with Crippen molar-refractivity contribution < 1.29 is 17.9 Å². The number of nitrogens with zero attached hydrogens (tertiary/aromatic N) is 2. The molecule has 31 heavy (non-hydrogen) atoms. The molecule has 0 radical (unpaired) electrons. The van der Waals surface area contributed by atoms with Gasteiger partial charge in [0.2, 0.25) is 10.0 Å². The molecule has 164 valence electrons. The van der Waals surface area contributed by atoms with Gasteiger partial charge in [-0.15, -0.1) is 0 Å². The number of carbonyl (C=O) groups excluding carboxylic acids is 1. The second-order valence-electron chi connectivity index (χ2n) is 6.90. The van der Waals surface area contributed by atoms with E-state index in [4.69, 9.17) is 4.74 Å². The molecule has 0 atom stereocenters. The van der Waals surface area contributed by atoms with Gasteiger partial charge in [0, 0.05) is 32.0 Å². The maximum atomic E-state index is 12.4. The highest BCUT2D eigenvalue weighted by molar-refractivity contribution is 7.89. The molecule has 0 saturated heterocycles. The van der Waals surface area contributed by atoms with Gasteiger partial charge in [0.1, 0.15) is 5.75 Å². The molecule has 0 aliphatic heterocycles. The third kappa shape index (κ3) is 7.54. The molecule has 0 aliphatic rings. The number of amides is 1. The van der Waals surface area contributed by atoms with Crippen molar-refractivity contribution in [3.05, 3.63) is 78.9 Å². The number of rotatable bonds is 12. The molecule has 8 nitrogen and oxygen atoms in total. The topological polar surface area (TPSA) is 102 Å². The van der Waals surface area contributed by atoms with Gasteiger partial charge < -0.3 is 14.6 Å². The molecule has 3 aromatic rings. The predicted octanol–water partition coefficient (Wildman–Crippen LogP) is 1.99. The van der Waals surface area contributed by atoms with Gasteiger partial charge in [0.15, 0.2) is 6.61 Å². The lowest BCUT2D eigenvalue weighted by Crippen LogP contribution is -2.30. The van der Waals surface area contributed by atoms with Gasteiger partial charge in [-0.05, 0) is 42.7 Å². The largest absolute Gasteiger partial charge is 0.484 e. The third-order valence-corrected chi connectivity index (χ3v) is 6.00. The summed E-state index contributed by atoms with van der Waals surface area (Å²) in [4.78, 5) is 16.0. The fourth-order valence-electron chi connectivity index (χ4n) is 2.88. The second-order valence-corrected chi connectivity index (χ2v) is 8.66. The minimum atomic E-state index is -3.60. The molecule has 3 rings (SSSR count). The van der Waals surface area contributed by atoms with Crippen molar-refractivity contribution in [1.29, 1.82) is 0 Å². The normalized spacial score (nSPS) is 11.2. The summed E-state index contributed by atoms with van der Waals surface area (Å²) < 4.78 is 34.8. The summed E-state index contributed by atoms with van der Waals surface area (Å²) in [7, 11) is -3.60. The van der Waals surface area contributed by atoms with E-state index in [-0.39, 0.29) is 17.4 Å². The summed E-state index contributed by atoms with van der Waals surface area (Å²) in [6, 6.07) is 15.7. The first kappa shape index (κ1) is 22.5. The fourth-order valence-corrected chi connectivity index (χ4v) is 3.91. The van der Waals surface area contributed by atoms with Crippen LogP contribution in [0.2, 0.25) is 0 Å². The van der Waals surface area contributed by atoms with Crippen LogP contribution in [0.15, 0.2) is 78.2 Å². The molecule has 0 bridgehead atoms. The van der Waals surface area contributed by atoms with Crippen molar-refractivity contribution in [2.45, 2.75) is 24.3 Å². The smallest absolute Gasteiger partial charge is 0.257 e. The third-order valence-electron chi connectivity index (χ3n) is 4.53. The highest BCUT2D eigenvalue weighted by Crippen LogP contribution is 2.16. The van der Waals surface area contributed by atoms with Gasteiger partial charge in [0.05, 0.1) is 11.2 Å². The summed E-state index contributed by atoms with van der Waals surface area (Å²) >= 11 is 0. The van der Waals surface area contributed by atoms with Crippen LogP contribution < -0.4 is 14.8 Å². The number of imidazole rings is 1. The first-order valence-corrected chi connectivity index (χ1v) is 11.5. The van der Waals surface area contributed by atoms with Crippen LogP contribution in [-0.4, -0.2) is 43.6 Å². The molecular formula is C22H26N4O4S. The second kappa shape index (κ2) is 11.3. The molecule has 0 fully saturated rings. The van der Waals surface area contributed by atoms with Crippen LogP contribution in [0.25, 0.3) is 0 Å². The zero-order chi connectivity index (χ0) is 21.9. The lowest BCUT2D eigenvalue weighted by molar-refractivity contribution is -0.123. The van der Waals surface area contributed by atoms with Crippen molar-refractivity contribution in [3.8, 4) is 5.75 Å². The van der Waals surface area contributed by atoms with Gasteiger partial charge in [-0.25, -0.2) is 18.1 Å². The molecule has 2 N–H and O–H groups in total. The Morgan fingerprint density at radius 2 is 1.81 bits per heavy atom. The summed E-state index contributed by atoms with van der Waals surface area (Å²) in [6.07, 6.45) is 6.70. The van der Waals surface area contributed by atoms with Crippen LogP contribution in [-0.2, 0) is 27.8 Å². The standard InChI is InChI=1S/C22H26N4O4S/c27-22(24-12-4-15-26-16-14-23-18-26)17-30-20-7-9-21(10-8-20)31(28,29)25-13-11-19-5-2-1-3-6-19/h1-3,5-10,14,16,18,25H,4,11-13,15,17H2,(H,24,27). The number of hydrogen-bond acceptors (Lipinski definition) is 5. The quantitative estimate of drug-likeness (QED) is 0.418. The minimum Gasteiger partial charge on any atom is -0.484 e. The Bertz CT molecular complexity index is 1040. The number of carbonyl (C=O) groups is 1. The summed E-state index contributed by atoms with van der Waals surface area (Å²) in [6.45, 7) is 1.49. The van der Waals surface area contributed by atoms with E-state index in [2.05, 4.69) is 15.0 Å². The molecule has 9 heteroatoms. The molecule has 1 amide bonds. The van der Waals surface area contributed by atoms with Crippen molar-refractivity contribution in [3.63, 3.8) is 0 Å². The number of benzene rings is 2. The van der Waals surface area contributed by atoms with Gasteiger partial charge >= 0.3 is 0 Å². The highest BCUT2D eigenvalue weighted by Gasteiger charge is 2.13. The van der Waals surface area contributed by atoms with Gasteiger partial charge in [-0.1, -0.05) is 30.3 Å². The Balaban J connectivity index is 1.37. The van der Waals surface area contributed by atoms with E-state index in [0.717, 1.165) is 18.5 Å². The SMILES string of the molecule is O=C(COc1ccc(S(=O)(=O)NCCc2ccccc2)cc1)NCCCn1ccnc1. The molecule has 1 heterocycles. The van der Waals surface area contributed by atoms with Crippen molar-refractivity contribution >= 4 is 15.9 Å². The summed E-state index contributed by atoms with van der Waals surface area (Å²) in [5, 5.41) is 2.78. The number of aromatic nitrogens is 2. The van der Waals surface area contributed by atoms with E-state index in [9.17, 15) is 13.2 Å². The fraction of sp³-hybridized carbons (Fsp3) is 0.273. The average molecular weight is 443 g/mol. The van der Waals surface area contributed by atoms with Crippen LogP contribution in [0.1, 0.15) is 12.0 Å². The zero-order valence-electron chi connectivity index (χ0n) is 17.1. The number of nitrogens with one attached hydrogen (secondary N) is 2. The number of aryl methyl sites for hydroxylation is 1. The maximum absolute atomic E-state index is 12.4. The average Bonchev–Trinajstić information content (AvgIpc) is 3.30. The zero-order valence-corrected chi connectivity index (χ0v) is 17.9. The molecule has 0 saturated carbocycles. The van der Waals surface area contributed by atoms with Gasteiger partial charge in [-0.2, -0.15) is 0 Å². The lowest BCUT2D eigenvalue weighted by Gasteiger charge is -2.10. The number of sulfonamides is 1. The van der Waals surface area contributed by atoms with E-state index in [0.29, 0.717) is 25.3 Å². The minimum absolute atomic E-state index is 0.132. The van der Waals surface area contributed by atoms with Crippen LogP contribution in [0.5, 0.6) is 5.75 Å². The van der Waals surface area contributed by atoms with Gasteiger partial charge in [0.25, 0.3) is 5.91 Å². The monoisotopic (exact) mass is 442 g/mol. The van der Waals surface area contributed by atoms with E-state index < -0.39 is 10.0 Å². The molecule has 0 aliphatic carbocycles. The molecule has 0 spiro atoms. The van der Waals surface area contributed by atoms with Crippen LogP contribution >= 0.6 is 0 Å². The van der Waals surface area contributed by atoms with E-state index in [1.165, 1.54) is 24.3 Å². The summed E-state index contributed by atoms with van der Waals surface area (Å²) in [5.41, 5.74) is 1.06. The van der Waals surface area contributed by atoms with Gasteiger partial charge in [-0.3, -0.25) is 4.79 Å². The Hall–Kier alpha value is -3.17. The first-order valence-electron chi connectivity index (χ1n) is 10.0. The van der Waals surface area contributed by atoms with E-state index >= 15 is 0 Å². The highest BCUT2D eigenvalue weighted by atomic mass is 32.2. The molecule has 1 aromatic heterocycles. The van der Waals surface area contributed by atoms with Crippen molar-refractivity contribution in [2.75, 3.05) is 19.7 Å². The number of hydrogen-bond donors (Lipinski definition) is 2. The number of ether oxygens (including phenoxy) is 1. The Morgan fingerprint density at radius 1 is 1.03 bits per heavy atom. The predicted molar refractivity (Wildman–Crippen MR) is 117 cm³/mol. The lowest BCUT2D eigenvalue weighted by atomic mass is 10.2. The van der Waals surface area contributed by atoms with E-state index in [1.54, 1.807) is 12.5 Å². The molecule has 0 unspecified atom stereocenters.